The molecule has 0 spiro atoms. The van der Waals surface area contributed by atoms with Crippen molar-refractivity contribution >= 4 is 21.8 Å². The van der Waals surface area contributed by atoms with Crippen LogP contribution in [0.3, 0.4) is 0 Å². The molecule has 17 heavy (non-hydrogen) atoms. The topological polar surface area (TPSA) is 38.3 Å². The summed E-state index contributed by atoms with van der Waals surface area (Å²) < 4.78 is 5.88. The van der Waals surface area contributed by atoms with E-state index in [0.29, 0.717) is 11.3 Å². The van der Waals surface area contributed by atoms with Gasteiger partial charge in [0.05, 0.1) is 11.6 Å². The molecule has 0 bridgehead atoms. The second kappa shape index (κ2) is 6.45. The largest absolute Gasteiger partial charge is 0.496 e. The molecule has 1 aromatic rings. The fourth-order valence-electron chi connectivity index (χ4n) is 1.42. The van der Waals surface area contributed by atoms with Crippen molar-refractivity contribution in [3.8, 4) is 5.75 Å². The number of halogens is 1. The minimum Gasteiger partial charge on any atom is -0.496 e. The molecular weight excluding hydrogens is 282 g/mol. The number of hydrogen-bond acceptors (Lipinski definition) is 2. The lowest BCUT2D eigenvalue weighted by molar-refractivity contribution is 0.0940. The molecule has 0 fully saturated rings. The van der Waals surface area contributed by atoms with Crippen LogP contribution in [-0.2, 0) is 0 Å². The molecule has 92 valence electrons. The molecule has 0 aromatic heterocycles. The molecule has 0 aliphatic carbocycles. The normalized spacial score (nSPS) is 11.7. The molecule has 1 amide bonds. The van der Waals surface area contributed by atoms with Gasteiger partial charge in [-0.3, -0.25) is 4.79 Å². The van der Waals surface area contributed by atoms with Crippen molar-refractivity contribution in [2.45, 2.75) is 19.4 Å². The number of methoxy groups -OCH3 is 1. The number of nitrogens with one attached hydrogen (secondary N) is 1. The number of carbonyl (C=O) groups is 1. The van der Waals surface area contributed by atoms with Crippen LogP contribution < -0.4 is 10.1 Å². The van der Waals surface area contributed by atoms with Crippen molar-refractivity contribution in [1.82, 2.24) is 5.32 Å². The summed E-state index contributed by atoms with van der Waals surface area (Å²) in [6.45, 7) is 5.58. The van der Waals surface area contributed by atoms with Gasteiger partial charge >= 0.3 is 0 Å². The Bertz CT molecular complexity index is 418. The Morgan fingerprint density at radius 3 is 2.88 bits per heavy atom. The molecule has 0 heterocycles. The van der Waals surface area contributed by atoms with Crippen molar-refractivity contribution in [3.63, 3.8) is 0 Å². The molecule has 1 N–H and O–H groups in total. The van der Waals surface area contributed by atoms with Gasteiger partial charge < -0.3 is 10.1 Å². The molecule has 4 heteroatoms. The van der Waals surface area contributed by atoms with E-state index in [1.807, 2.05) is 6.92 Å². The van der Waals surface area contributed by atoms with Crippen LogP contribution in [0.5, 0.6) is 5.75 Å². The van der Waals surface area contributed by atoms with Gasteiger partial charge in [-0.15, -0.1) is 6.58 Å². The fraction of sp³-hybridized carbons (Fsp3) is 0.308. The summed E-state index contributed by atoms with van der Waals surface area (Å²) >= 11 is 3.35. The van der Waals surface area contributed by atoms with Gasteiger partial charge in [0.1, 0.15) is 5.75 Å². The maximum Gasteiger partial charge on any atom is 0.251 e. The summed E-state index contributed by atoms with van der Waals surface area (Å²) in [6.07, 6.45) is 2.54. The quantitative estimate of drug-likeness (QED) is 0.848. The summed E-state index contributed by atoms with van der Waals surface area (Å²) in [4.78, 5) is 11.9. The number of amides is 1. The maximum absolute atomic E-state index is 11.9. The molecule has 0 saturated heterocycles. The summed E-state index contributed by atoms with van der Waals surface area (Å²) in [5.74, 6) is 0.614. The van der Waals surface area contributed by atoms with Crippen LogP contribution in [0.25, 0.3) is 0 Å². The van der Waals surface area contributed by atoms with Gasteiger partial charge in [0, 0.05) is 11.6 Å². The first-order valence-corrected chi connectivity index (χ1v) is 6.13. The minimum atomic E-state index is -0.0947. The van der Waals surface area contributed by atoms with Gasteiger partial charge in [-0.25, -0.2) is 0 Å². The molecule has 0 radical (unpaired) electrons. The second-order valence-corrected chi connectivity index (χ2v) is 4.60. The molecule has 0 saturated carbocycles. The Kier molecular flexibility index (Phi) is 5.22. The molecule has 1 aromatic carbocycles. The van der Waals surface area contributed by atoms with Gasteiger partial charge in [0.15, 0.2) is 0 Å². The zero-order valence-corrected chi connectivity index (χ0v) is 11.6. The lowest BCUT2D eigenvalue weighted by atomic mass is 10.1. The highest BCUT2D eigenvalue weighted by molar-refractivity contribution is 9.10. The van der Waals surface area contributed by atoms with Crippen molar-refractivity contribution in [1.29, 1.82) is 0 Å². The highest BCUT2D eigenvalue weighted by Crippen LogP contribution is 2.25. The summed E-state index contributed by atoms with van der Waals surface area (Å²) in [5.41, 5.74) is 0.605. The third-order valence-electron chi connectivity index (χ3n) is 2.31. The van der Waals surface area contributed by atoms with E-state index in [4.69, 9.17) is 4.74 Å². The molecule has 1 atom stereocenters. The van der Waals surface area contributed by atoms with Gasteiger partial charge in [0.25, 0.3) is 5.91 Å². The molecule has 0 aliphatic heterocycles. The lowest BCUT2D eigenvalue weighted by Gasteiger charge is -2.12. The molecule has 1 unspecified atom stereocenters. The number of carbonyl (C=O) groups excluding carboxylic acids is 1. The highest BCUT2D eigenvalue weighted by atomic mass is 79.9. The van der Waals surface area contributed by atoms with Crippen LogP contribution >= 0.6 is 15.9 Å². The van der Waals surface area contributed by atoms with Gasteiger partial charge in [-0.1, -0.05) is 6.08 Å². The van der Waals surface area contributed by atoms with E-state index in [1.54, 1.807) is 31.4 Å². The van der Waals surface area contributed by atoms with Crippen LogP contribution in [-0.4, -0.2) is 19.1 Å². The van der Waals surface area contributed by atoms with Gasteiger partial charge in [-0.2, -0.15) is 0 Å². The highest BCUT2D eigenvalue weighted by Gasteiger charge is 2.10. The summed E-state index contributed by atoms with van der Waals surface area (Å²) in [5, 5.41) is 2.89. The number of hydrogen-bond donors (Lipinski definition) is 1. The van der Waals surface area contributed by atoms with Gasteiger partial charge in [0.2, 0.25) is 0 Å². The Labute approximate surface area is 110 Å². The average molecular weight is 298 g/mol. The van der Waals surface area contributed by atoms with E-state index in [0.717, 1.165) is 10.9 Å². The van der Waals surface area contributed by atoms with E-state index >= 15 is 0 Å². The molecular formula is C13H16BrNO2. The van der Waals surface area contributed by atoms with Crippen LogP contribution in [0.15, 0.2) is 35.3 Å². The number of benzene rings is 1. The van der Waals surface area contributed by atoms with E-state index < -0.39 is 0 Å². The van der Waals surface area contributed by atoms with Gasteiger partial charge in [-0.05, 0) is 47.5 Å². The Morgan fingerprint density at radius 1 is 1.65 bits per heavy atom. The number of ether oxygens (including phenoxy) is 1. The smallest absolute Gasteiger partial charge is 0.251 e. The zero-order chi connectivity index (χ0) is 12.8. The van der Waals surface area contributed by atoms with Crippen LogP contribution in [0.1, 0.15) is 23.7 Å². The van der Waals surface area contributed by atoms with E-state index in [1.165, 1.54) is 0 Å². The Balaban J connectivity index is 2.76. The first kappa shape index (κ1) is 13.8. The maximum atomic E-state index is 11.9. The van der Waals surface area contributed by atoms with Crippen LogP contribution in [0.4, 0.5) is 0 Å². The Morgan fingerprint density at radius 2 is 2.35 bits per heavy atom. The fourth-order valence-corrected chi connectivity index (χ4v) is 1.96. The van der Waals surface area contributed by atoms with Crippen molar-refractivity contribution < 1.29 is 9.53 Å². The Hall–Kier alpha value is -1.29. The molecule has 1 rings (SSSR count). The summed E-state index contributed by atoms with van der Waals surface area (Å²) in [7, 11) is 1.59. The van der Waals surface area contributed by atoms with E-state index in [-0.39, 0.29) is 11.9 Å². The SMILES string of the molecule is C=CCC(C)NC(=O)c1ccc(OC)c(Br)c1. The zero-order valence-electron chi connectivity index (χ0n) is 10.00. The number of rotatable bonds is 5. The lowest BCUT2D eigenvalue weighted by Crippen LogP contribution is -2.32. The average Bonchev–Trinajstić information content (AvgIpc) is 2.29. The third kappa shape index (κ3) is 3.89. The van der Waals surface area contributed by atoms with E-state index in [2.05, 4.69) is 27.8 Å². The standard InChI is InChI=1S/C13H16BrNO2/c1-4-5-9(2)15-13(16)10-6-7-12(17-3)11(14)8-10/h4,6-9H,1,5H2,2-3H3,(H,15,16). The van der Waals surface area contributed by atoms with Crippen LogP contribution in [0.2, 0.25) is 0 Å². The minimum absolute atomic E-state index is 0.0841. The first-order chi connectivity index (χ1) is 8.08. The van der Waals surface area contributed by atoms with E-state index in [9.17, 15) is 4.79 Å². The van der Waals surface area contributed by atoms with Crippen molar-refractivity contribution in [3.05, 3.63) is 40.9 Å². The predicted molar refractivity (Wildman–Crippen MR) is 72.4 cm³/mol. The van der Waals surface area contributed by atoms with Crippen molar-refractivity contribution in [2.24, 2.45) is 0 Å². The monoisotopic (exact) mass is 297 g/mol. The summed E-state index contributed by atoms with van der Waals surface area (Å²) in [6, 6.07) is 5.33. The molecule has 0 aliphatic rings. The second-order valence-electron chi connectivity index (χ2n) is 3.75. The predicted octanol–water partition coefficient (Wildman–Crippen LogP) is 3.15. The first-order valence-electron chi connectivity index (χ1n) is 5.33. The van der Waals surface area contributed by atoms with Crippen LogP contribution in [0, 0.1) is 0 Å². The van der Waals surface area contributed by atoms with Crippen molar-refractivity contribution in [2.75, 3.05) is 7.11 Å². The molecule has 3 nitrogen and oxygen atoms in total. The third-order valence-corrected chi connectivity index (χ3v) is 2.93.